The van der Waals surface area contributed by atoms with Crippen molar-refractivity contribution < 1.29 is 9.47 Å². The summed E-state index contributed by atoms with van der Waals surface area (Å²) in [7, 11) is 1.72. The number of para-hydroxylation sites is 1. The monoisotopic (exact) mass is 329 g/mol. The molecule has 2 bridgehead atoms. The summed E-state index contributed by atoms with van der Waals surface area (Å²) < 4.78 is 11.1. The molecule has 1 heterocycles. The highest BCUT2D eigenvalue weighted by Gasteiger charge is 2.42. The van der Waals surface area contributed by atoms with Crippen LogP contribution in [0.2, 0.25) is 0 Å². The zero-order valence-corrected chi connectivity index (χ0v) is 15.0. The number of rotatable bonds is 6. The van der Waals surface area contributed by atoms with E-state index in [-0.39, 0.29) is 0 Å². The third-order valence-electron chi connectivity index (χ3n) is 6.60. The number of fused-ring (bicyclic) bond motifs is 2. The number of nitrogens with zero attached hydrogens (tertiary/aromatic N) is 1. The molecule has 24 heavy (non-hydrogen) atoms. The van der Waals surface area contributed by atoms with Gasteiger partial charge in [0, 0.05) is 13.2 Å². The van der Waals surface area contributed by atoms with Crippen molar-refractivity contribution in [2.24, 2.45) is 11.8 Å². The first-order chi connectivity index (χ1) is 11.8. The second-order valence-corrected chi connectivity index (χ2v) is 7.93. The third-order valence-corrected chi connectivity index (χ3v) is 6.60. The molecular weight excluding hydrogens is 298 g/mol. The Balaban J connectivity index is 1.36. The number of likely N-dealkylation sites (tertiary alicyclic amines) is 1. The number of piperidine rings is 1. The first-order valence-electron chi connectivity index (χ1n) is 9.80. The molecule has 1 aromatic rings. The van der Waals surface area contributed by atoms with Crippen molar-refractivity contribution in [2.75, 3.05) is 33.4 Å². The fourth-order valence-electron chi connectivity index (χ4n) is 5.38. The van der Waals surface area contributed by atoms with Crippen molar-refractivity contribution >= 4 is 0 Å². The first kappa shape index (κ1) is 16.4. The molecule has 1 saturated heterocycles. The summed E-state index contributed by atoms with van der Waals surface area (Å²) in [6.07, 6.45) is 8.54. The fraction of sp³-hybridized carbons (Fsp3) is 0.714. The van der Waals surface area contributed by atoms with Gasteiger partial charge in [-0.2, -0.15) is 0 Å². The third kappa shape index (κ3) is 3.34. The van der Waals surface area contributed by atoms with Crippen LogP contribution in [0.4, 0.5) is 0 Å². The van der Waals surface area contributed by atoms with Gasteiger partial charge in [-0.15, -0.1) is 0 Å². The lowest BCUT2D eigenvalue weighted by molar-refractivity contribution is 0.109. The largest absolute Gasteiger partial charge is 0.491 e. The average molecular weight is 329 g/mol. The number of hydrogen-bond acceptors (Lipinski definition) is 3. The van der Waals surface area contributed by atoms with Gasteiger partial charge < -0.3 is 14.4 Å². The van der Waals surface area contributed by atoms with Crippen LogP contribution in [0.5, 0.6) is 5.75 Å². The predicted molar refractivity (Wildman–Crippen MR) is 96.6 cm³/mol. The van der Waals surface area contributed by atoms with Crippen molar-refractivity contribution in [1.82, 2.24) is 4.90 Å². The molecule has 1 aliphatic heterocycles. The highest BCUT2D eigenvalue weighted by Crippen LogP contribution is 2.47. The molecule has 3 nitrogen and oxygen atoms in total. The van der Waals surface area contributed by atoms with Gasteiger partial charge in [0.2, 0.25) is 0 Å². The van der Waals surface area contributed by atoms with Crippen molar-refractivity contribution in [1.29, 1.82) is 0 Å². The molecule has 0 spiro atoms. The van der Waals surface area contributed by atoms with Crippen LogP contribution in [0.3, 0.4) is 0 Å². The van der Waals surface area contributed by atoms with Gasteiger partial charge in [0.1, 0.15) is 12.4 Å². The average Bonchev–Trinajstić information content (AvgIpc) is 3.26. The van der Waals surface area contributed by atoms with Crippen LogP contribution in [0.25, 0.3) is 0 Å². The van der Waals surface area contributed by atoms with E-state index in [1.54, 1.807) is 7.11 Å². The minimum atomic E-state index is 0.636. The minimum absolute atomic E-state index is 0.636. The molecule has 3 aliphatic rings. The quantitative estimate of drug-likeness (QED) is 0.734. The summed E-state index contributed by atoms with van der Waals surface area (Å²) in [5.74, 6) is 3.77. The molecule has 132 valence electrons. The van der Waals surface area contributed by atoms with Crippen LogP contribution in [-0.4, -0.2) is 44.4 Å². The standard InChI is InChI=1S/C21H31NO2/c1-23-12-13-24-21-5-3-2-4-19(21)17-8-10-22(11-9-17)20-15-16-6-7-18(20)14-16/h2-5,16-18,20H,6-15H2,1H3/t16-,18?,20-/m0/s1. The Morgan fingerprint density at radius 3 is 2.54 bits per heavy atom. The van der Waals surface area contributed by atoms with E-state index in [9.17, 15) is 0 Å². The highest BCUT2D eigenvalue weighted by molar-refractivity contribution is 5.36. The van der Waals surface area contributed by atoms with Crippen LogP contribution < -0.4 is 4.74 Å². The lowest BCUT2D eigenvalue weighted by atomic mass is 9.86. The van der Waals surface area contributed by atoms with E-state index in [0.717, 1.165) is 23.6 Å². The summed E-state index contributed by atoms with van der Waals surface area (Å²) in [4.78, 5) is 2.81. The van der Waals surface area contributed by atoms with Crippen LogP contribution in [0.15, 0.2) is 24.3 Å². The zero-order valence-electron chi connectivity index (χ0n) is 15.0. The first-order valence-corrected chi connectivity index (χ1v) is 9.80. The molecule has 0 N–H and O–H groups in total. The van der Waals surface area contributed by atoms with Gasteiger partial charge in [-0.05, 0) is 74.6 Å². The van der Waals surface area contributed by atoms with Crippen LogP contribution in [-0.2, 0) is 4.74 Å². The second kappa shape index (κ2) is 7.45. The summed E-state index contributed by atoms with van der Waals surface area (Å²) >= 11 is 0. The van der Waals surface area contributed by atoms with Crippen molar-refractivity contribution in [3.05, 3.63) is 29.8 Å². The second-order valence-electron chi connectivity index (χ2n) is 7.93. The van der Waals surface area contributed by atoms with Gasteiger partial charge in [0.25, 0.3) is 0 Å². The van der Waals surface area contributed by atoms with Crippen molar-refractivity contribution in [3.63, 3.8) is 0 Å². The van der Waals surface area contributed by atoms with Gasteiger partial charge in [0.15, 0.2) is 0 Å². The molecule has 0 amide bonds. The summed E-state index contributed by atoms with van der Waals surface area (Å²) in [6.45, 7) is 3.82. The molecule has 3 heteroatoms. The number of methoxy groups -OCH3 is 1. The molecule has 1 unspecified atom stereocenters. The lowest BCUT2D eigenvalue weighted by Gasteiger charge is -2.40. The molecule has 2 aliphatic carbocycles. The topological polar surface area (TPSA) is 21.7 Å². The Morgan fingerprint density at radius 2 is 1.83 bits per heavy atom. The van der Waals surface area contributed by atoms with Gasteiger partial charge in [0.05, 0.1) is 6.61 Å². The summed E-state index contributed by atoms with van der Waals surface area (Å²) in [6, 6.07) is 9.52. The summed E-state index contributed by atoms with van der Waals surface area (Å²) in [5.41, 5.74) is 1.40. The summed E-state index contributed by atoms with van der Waals surface area (Å²) in [5, 5.41) is 0. The van der Waals surface area contributed by atoms with E-state index in [1.165, 1.54) is 57.2 Å². The Bertz CT molecular complexity index is 538. The van der Waals surface area contributed by atoms with Gasteiger partial charge in [-0.3, -0.25) is 0 Å². The van der Waals surface area contributed by atoms with E-state index in [0.29, 0.717) is 19.1 Å². The molecule has 4 rings (SSSR count). The van der Waals surface area contributed by atoms with E-state index in [2.05, 4.69) is 29.2 Å². The van der Waals surface area contributed by atoms with Crippen LogP contribution in [0.1, 0.15) is 50.0 Å². The van der Waals surface area contributed by atoms with E-state index < -0.39 is 0 Å². The van der Waals surface area contributed by atoms with Gasteiger partial charge >= 0.3 is 0 Å². The minimum Gasteiger partial charge on any atom is -0.491 e. The predicted octanol–water partition coefficient (Wildman–Crippen LogP) is 4.08. The van der Waals surface area contributed by atoms with Crippen LogP contribution >= 0.6 is 0 Å². The molecular formula is C21H31NO2. The van der Waals surface area contributed by atoms with E-state index in [4.69, 9.17) is 9.47 Å². The van der Waals surface area contributed by atoms with Gasteiger partial charge in [-0.25, -0.2) is 0 Å². The van der Waals surface area contributed by atoms with E-state index >= 15 is 0 Å². The molecule has 0 aromatic heterocycles. The molecule has 1 aromatic carbocycles. The Morgan fingerprint density at radius 1 is 1.00 bits per heavy atom. The molecule has 3 fully saturated rings. The lowest BCUT2D eigenvalue weighted by Crippen LogP contribution is -2.43. The zero-order chi connectivity index (χ0) is 16.4. The highest BCUT2D eigenvalue weighted by atomic mass is 16.5. The van der Waals surface area contributed by atoms with Crippen molar-refractivity contribution in [2.45, 2.75) is 50.5 Å². The maximum absolute atomic E-state index is 5.96. The fourth-order valence-corrected chi connectivity index (χ4v) is 5.38. The maximum Gasteiger partial charge on any atom is 0.122 e. The van der Waals surface area contributed by atoms with E-state index in [1.807, 2.05) is 0 Å². The van der Waals surface area contributed by atoms with Gasteiger partial charge in [-0.1, -0.05) is 24.6 Å². The number of benzene rings is 1. The molecule has 3 atom stereocenters. The Hall–Kier alpha value is -1.06. The normalized spacial score (nSPS) is 30.8. The van der Waals surface area contributed by atoms with Crippen LogP contribution in [0, 0.1) is 11.8 Å². The maximum atomic E-state index is 5.96. The SMILES string of the molecule is COCCOc1ccccc1C1CCN([C@H]2C[C@H]3CCC2C3)CC1. The molecule has 0 radical (unpaired) electrons. The smallest absolute Gasteiger partial charge is 0.122 e. The molecule has 2 saturated carbocycles. The number of hydrogen-bond donors (Lipinski definition) is 0. The number of ether oxygens (including phenoxy) is 2. The Kier molecular flexibility index (Phi) is 5.09. The Labute approximate surface area is 146 Å². The van der Waals surface area contributed by atoms with Crippen molar-refractivity contribution in [3.8, 4) is 5.75 Å².